The third kappa shape index (κ3) is 2.06. The Bertz CT molecular complexity index is 764. The van der Waals surface area contributed by atoms with Crippen LogP contribution in [0.4, 0.5) is 8.78 Å². The first kappa shape index (κ1) is 13.1. The standard InChI is InChI=1S/C14H12F2N2OS/c1-18-6-10(8-3-12(14(15)16)20-7-8)9-4-13(19-2)17-5-11(9)18/h3-7,14H,1-2H3. The smallest absolute Gasteiger partial charge is 0.272 e. The summed E-state index contributed by atoms with van der Waals surface area (Å²) in [6.07, 6.45) is 1.21. The number of pyridine rings is 1. The van der Waals surface area contributed by atoms with E-state index in [0.29, 0.717) is 5.88 Å². The number of thiophene rings is 1. The van der Waals surface area contributed by atoms with Crippen molar-refractivity contribution in [3.63, 3.8) is 0 Å². The molecule has 3 nitrogen and oxygen atoms in total. The summed E-state index contributed by atoms with van der Waals surface area (Å²) < 4.78 is 32.5. The molecule has 0 atom stereocenters. The first-order valence-electron chi connectivity index (χ1n) is 5.96. The van der Waals surface area contributed by atoms with Gasteiger partial charge in [0.05, 0.1) is 23.7 Å². The molecule has 20 heavy (non-hydrogen) atoms. The molecule has 0 bridgehead atoms. The molecule has 0 aromatic carbocycles. The van der Waals surface area contributed by atoms with Crippen LogP contribution in [0.2, 0.25) is 0 Å². The minimum atomic E-state index is -2.43. The second-order valence-corrected chi connectivity index (χ2v) is 5.38. The number of aromatic nitrogens is 2. The maximum Gasteiger partial charge on any atom is 0.272 e. The highest BCUT2D eigenvalue weighted by Crippen LogP contribution is 2.36. The number of halogens is 2. The van der Waals surface area contributed by atoms with E-state index in [1.165, 1.54) is 6.07 Å². The maximum atomic E-state index is 12.7. The van der Waals surface area contributed by atoms with Gasteiger partial charge in [-0.25, -0.2) is 13.8 Å². The van der Waals surface area contributed by atoms with Crippen molar-refractivity contribution in [3.8, 4) is 17.0 Å². The van der Waals surface area contributed by atoms with Gasteiger partial charge in [-0.3, -0.25) is 0 Å². The topological polar surface area (TPSA) is 27.1 Å². The molecule has 0 unspecified atom stereocenters. The van der Waals surface area contributed by atoms with Gasteiger partial charge in [-0.05, 0) is 17.0 Å². The van der Waals surface area contributed by atoms with E-state index in [0.717, 1.165) is 33.4 Å². The summed E-state index contributed by atoms with van der Waals surface area (Å²) in [5.41, 5.74) is 2.64. The molecule has 0 saturated heterocycles. The Kier molecular flexibility index (Phi) is 3.17. The van der Waals surface area contributed by atoms with Crippen LogP contribution >= 0.6 is 11.3 Å². The second-order valence-electron chi connectivity index (χ2n) is 4.44. The summed E-state index contributed by atoms with van der Waals surface area (Å²) in [4.78, 5) is 4.25. The average molecular weight is 294 g/mol. The van der Waals surface area contributed by atoms with Gasteiger partial charge in [0.2, 0.25) is 5.88 Å². The van der Waals surface area contributed by atoms with E-state index >= 15 is 0 Å². The molecule has 6 heteroatoms. The van der Waals surface area contributed by atoms with Gasteiger partial charge in [-0.2, -0.15) is 0 Å². The van der Waals surface area contributed by atoms with Crippen LogP contribution in [0.25, 0.3) is 22.0 Å². The fourth-order valence-electron chi connectivity index (χ4n) is 2.21. The van der Waals surface area contributed by atoms with Gasteiger partial charge < -0.3 is 9.30 Å². The predicted molar refractivity (Wildman–Crippen MR) is 75.5 cm³/mol. The van der Waals surface area contributed by atoms with E-state index in [1.54, 1.807) is 18.7 Å². The highest BCUT2D eigenvalue weighted by atomic mass is 32.1. The highest BCUT2D eigenvalue weighted by molar-refractivity contribution is 7.10. The molecule has 0 saturated carbocycles. The van der Waals surface area contributed by atoms with Gasteiger partial charge >= 0.3 is 0 Å². The Hall–Kier alpha value is -1.95. The lowest BCUT2D eigenvalue weighted by molar-refractivity contribution is 0.155. The lowest BCUT2D eigenvalue weighted by atomic mass is 10.1. The summed E-state index contributed by atoms with van der Waals surface area (Å²) >= 11 is 1.07. The van der Waals surface area contributed by atoms with E-state index < -0.39 is 6.43 Å². The summed E-state index contributed by atoms with van der Waals surface area (Å²) in [5.74, 6) is 0.509. The third-order valence-corrected chi connectivity index (χ3v) is 4.15. The SMILES string of the molecule is COc1cc2c(-c3csc(C(F)F)c3)cn(C)c2cn1. The maximum absolute atomic E-state index is 12.7. The van der Waals surface area contributed by atoms with Crippen LogP contribution in [0.15, 0.2) is 29.9 Å². The lowest BCUT2D eigenvalue weighted by Gasteiger charge is -2.00. The first-order valence-corrected chi connectivity index (χ1v) is 6.84. The molecule has 3 heterocycles. The van der Waals surface area contributed by atoms with E-state index in [-0.39, 0.29) is 4.88 Å². The van der Waals surface area contributed by atoms with Crippen molar-refractivity contribution in [2.45, 2.75) is 6.43 Å². The molecule has 0 N–H and O–H groups in total. The largest absolute Gasteiger partial charge is 0.481 e. The van der Waals surface area contributed by atoms with Gasteiger partial charge in [0, 0.05) is 30.3 Å². The Labute approximate surface area is 118 Å². The van der Waals surface area contributed by atoms with Crippen LogP contribution < -0.4 is 4.74 Å². The van der Waals surface area contributed by atoms with Crippen molar-refractivity contribution in [1.82, 2.24) is 9.55 Å². The van der Waals surface area contributed by atoms with E-state index in [9.17, 15) is 8.78 Å². The summed E-state index contributed by atoms with van der Waals surface area (Å²) in [6.45, 7) is 0. The lowest BCUT2D eigenvalue weighted by Crippen LogP contribution is -1.88. The molecule has 3 aromatic heterocycles. The van der Waals surface area contributed by atoms with Crippen molar-refractivity contribution in [2.75, 3.05) is 7.11 Å². The molecule has 0 spiro atoms. The number of methoxy groups -OCH3 is 1. The average Bonchev–Trinajstić information content (AvgIpc) is 3.03. The number of alkyl halides is 2. The van der Waals surface area contributed by atoms with Crippen molar-refractivity contribution < 1.29 is 13.5 Å². The van der Waals surface area contributed by atoms with Gasteiger partial charge in [0.15, 0.2) is 0 Å². The van der Waals surface area contributed by atoms with Crippen molar-refractivity contribution >= 4 is 22.2 Å². The Balaban J connectivity index is 2.19. The van der Waals surface area contributed by atoms with Crippen LogP contribution in [-0.2, 0) is 7.05 Å². The molecule has 0 aliphatic rings. The van der Waals surface area contributed by atoms with Crippen LogP contribution in [0.3, 0.4) is 0 Å². The number of hydrogen-bond acceptors (Lipinski definition) is 3. The summed E-state index contributed by atoms with van der Waals surface area (Å²) in [5, 5.41) is 2.70. The van der Waals surface area contributed by atoms with E-state index in [2.05, 4.69) is 4.98 Å². The minimum absolute atomic E-state index is 0.0815. The van der Waals surface area contributed by atoms with Crippen LogP contribution in [0.5, 0.6) is 5.88 Å². The van der Waals surface area contributed by atoms with Crippen molar-refractivity contribution in [1.29, 1.82) is 0 Å². The molecule has 0 aliphatic carbocycles. The van der Waals surface area contributed by atoms with E-state index in [1.807, 2.05) is 23.9 Å². The molecular formula is C14H12F2N2OS. The minimum Gasteiger partial charge on any atom is -0.481 e. The van der Waals surface area contributed by atoms with E-state index in [4.69, 9.17) is 4.74 Å². The fraction of sp³-hybridized carbons (Fsp3) is 0.214. The number of rotatable bonds is 3. The molecule has 0 amide bonds. The zero-order chi connectivity index (χ0) is 14.3. The summed E-state index contributed by atoms with van der Waals surface area (Å²) in [6, 6.07) is 3.36. The zero-order valence-corrected chi connectivity index (χ0v) is 11.7. The molecule has 0 radical (unpaired) electrons. The first-order chi connectivity index (χ1) is 9.60. The monoisotopic (exact) mass is 294 g/mol. The molecule has 0 fully saturated rings. The Morgan fingerprint density at radius 2 is 2.15 bits per heavy atom. The number of hydrogen-bond donors (Lipinski definition) is 0. The molecule has 3 aromatic rings. The Morgan fingerprint density at radius 1 is 1.35 bits per heavy atom. The Morgan fingerprint density at radius 3 is 2.80 bits per heavy atom. The fourth-order valence-corrected chi connectivity index (χ4v) is 2.96. The van der Waals surface area contributed by atoms with Crippen LogP contribution in [-0.4, -0.2) is 16.7 Å². The quantitative estimate of drug-likeness (QED) is 0.722. The number of aryl methyl sites for hydroxylation is 1. The zero-order valence-electron chi connectivity index (χ0n) is 10.9. The number of ether oxygens (including phenoxy) is 1. The molecule has 104 valence electrons. The molecule has 3 rings (SSSR count). The molecular weight excluding hydrogens is 282 g/mol. The van der Waals surface area contributed by atoms with Crippen LogP contribution in [0.1, 0.15) is 11.3 Å². The third-order valence-electron chi connectivity index (χ3n) is 3.21. The number of nitrogens with zero attached hydrogens (tertiary/aromatic N) is 2. The van der Waals surface area contributed by atoms with Gasteiger partial charge in [-0.15, -0.1) is 11.3 Å². The highest BCUT2D eigenvalue weighted by Gasteiger charge is 2.15. The van der Waals surface area contributed by atoms with Crippen molar-refractivity contribution in [3.05, 3.63) is 34.8 Å². The second kappa shape index (κ2) is 4.86. The summed E-state index contributed by atoms with van der Waals surface area (Å²) in [7, 11) is 3.46. The van der Waals surface area contributed by atoms with Crippen molar-refractivity contribution in [2.24, 2.45) is 7.05 Å². The number of fused-ring (bicyclic) bond motifs is 1. The van der Waals surface area contributed by atoms with Gasteiger partial charge in [-0.1, -0.05) is 0 Å². The van der Waals surface area contributed by atoms with Gasteiger partial charge in [0.25, 0.3) is 6.43 Å². The van der Waals surface area contributed by atoms with Gasteiger partial charge in [0.1, 0.15) is 0 Å². The van der Waals surface area contributed by atoms with Crippen LogP contribution in [0, 0.1) is 0 Å². The normalized spacial score (nSPS) is 11.4. The predicted octanol–water partition coefficient (Wildman–Crippen LogP) is 4.25. The molecule has 0 aliphatic heterocycles.